The molecule has 0 bridgehead atoms. The fraction of sp³-hybridized carbons (Fsp3) is 0.409. The number of methoxy groups -OCH3 is 1. The molecule has 2 aromatic carbocycles. The van der Waals surface area contributed by atoms with Crippen LogP contribution in [0.4, 0.5) is 18.9 Å². The zero-order chi connectivity index (χ0) is 24.1. The first-order valence-electron chi connectivity index (χ1n) is 10.4. The third kappa shape index (κ3) is 6.84. The number of anilines is 1. The highest BCUT2D eigenvalue weighted by atomic mass is 32.2. The zero-order valence-corrected chi connectivity index (χ0v) is 19.0. The van der Waals surface area contributed by atoms with Crippen LogP contribution in [0.3, 0.4) is 0 Å². The number of carbonyl (C=O) groups is 1. The van der Waals surface area contributed by atoms with Crippen molar-refractivity contribution in [2.45, 2.75) is 12.6 Å². The molecule has 2 aromatic rings. The second kappa shape index (κ2) is 10.4. The summed E-state index contributed by atoms with van der Waals surface area (Å²) < 4.78 is 70.4. The lowest BCUT2D eigenvalue weighted by molar-refractivity contribution is -0.137. The number of halogens is 3. The van der Waals surface area contributed by atoms with Gasteiger partial charge in [-0.05, 0) is 35.9 Å². The highest BCUT2D eigenvalue weighted by Gasteiger charge is 2.32. The molecule has 3 rings (SSSR count). The Hall–Kier alpha value is -2.79. The molecule has 1 aliphatic heterocycles. The first kappa shape index (κ1) is 24.8. The molecule has 0 saturated carbocycles. The number of rotatable bonds is 8. The summed E-state index contributed by atoms with van der Waals surface area (Å²) in [5.74, 6) is 0.147. The van der Waals surface area contributed by atoms with Gasteiger partial charge in [-0.15, -0.1) is 0 Å². The van der Waals surface area contributed by atoms with E-state index in [-0.39, 0.29) is 50.8 Å². The summed E-state index contributed by atoms with van der Waals surface area (Å²) in [6, 6.07) is 12.0. The lowest BCUT2D eigenvalue weighted by Crippen LogP contribution is -2.50. The van der Waals surface area contributed by atoms with Crippen molar-refractivity contribution in [2.75, 3.05) is 50.5 Å². The van der Waals surface area contributed by atoms with E-state index in [1.807, 2.05) is 0 Å². The molecule has 1 saturated heterocycles. The quantitative estimate of drug-likeness (QED) is 0.622. The Balaban J connectivity index is 1.46. The highest BCUT2D eigenvalue weighted by Crippen LogP contribution is 2.32. The monoisotopic (exact) mass is 485 g/mol. The van der Waals surface area contributed by atoms with E-state index < -0.39 is 21.8 Å². The van der Waals surface area contributed by atoms with Gasteiger partial charge in [-0.2, -0.15) is 17.5 Å². The van der Waals surface area contributed by atoms with E-state index in [1.54, 1.807) is 42.3 Å². The molecule has 0 aliphatic carbocycles. The summed E-state index contributed by atoms with van der Waals surface area (Å²) in [7, 11) is -2.05. The summed E-state index contributed by atoms with van der Waals surface area (Å²) in [6.45, 7) is 0.872. The van der Waals surface area contributed by atoms with Gasteiger partial charge < -0.3 is 15.0 Å². The maximum atomic E-state index is 12.9. The third-order valence-corrected chi connectivity index (χ3v) is 7.25. The molecule has 1 amide bonds. The zero-order valence-electron chi connectivity index (χ0n) is 18.1. The third-order valence-electron chi connectivity index (χ3n) is 5.38. The minimum atomic E-state index is -4.43. The molecule has 0 radical (unpaired) electrons. The van der Waals surface area contributed by atoms with Crippen LogP contribution in [0.25, 0.3) is 0 Å². The van der Waals surface area contributed by atoms with Gasteiger partial charge in [0.05, 0.1) is 24.8 Å². The number of benzene rings is 2. The molecule has 1 aliphatic rings. The van der Waals surface area contributed by atoms with E-state index in [0.29, 0.717) is 11.4 Å². The van der Waals surface area contributed by atoms with Crippen LogP contribution < -0.4 is 15.0 Å². The van der Waals surface area contributed by atoms with Crippen LogP contribution in [-0.4, -0.2) is 64.2 Å². The van der Waals surface area contributed by atoms with Gasteiger partial charge in [-0.1, -0.05) is 18.2 Å². The van der Waals surface area contributed by atoms with Crippen LogP contribution in [-0.2, 0) is 27.4 Å². The van der Waals surface area contributed by atoms with Gasteiger partial charge in [0.25, 0.3) is 0 Å². The number of piperazine rings is 1. The van der Waals surface area contributed by atoms with Crippen LogP contribution in [0.2, 0.25) is 0 Å². The smallest absolute Gasteiger partial charge is 0.416 e. The van der Waals surface area contributed by atoms with Crippen LogP contribution in [0, 0.1) is 0 Å². The molecule has 0 atom stereocenters. The van der Waals surface area contributed by atoms with Crippen LogP contribution in [0.15, 0.2) is 48.5 Å². The number of nitrogens with one attached hydrogen (secondary N) is 1. The SMILES string of the molecule is COc1ccc(CC(=O)NCCS(=O)(=O)N2CCN(c3cccc(C(F)(F)F)c3)CC2)cc1. The fourth-order valence-corrected chi connectivity index (χ4v) is 4.88. The lowest BCUT2D eigenvalue weighted by atomic mass is 10.1. The summed E-state index contributed by atoms with van der Waals surface area (Å²) in [6.07, 6.45) is -4.31. The molecule has 0 aromatic heterocycles. The molecule has 1 heterocycles. The number of alkyl halides is 3. The minimum Gasteiger partial charge on any atom is -0.497 e. The topological polar surface area (TPSA) is 78.9 Å². The first-order valence-corrected chi connectivity index (χ1v) is 12.0. The van der Waals surface area contributed by atoms with E-state index >= 15 is 0 Å². The van der Waals surface area contributed by atoms with Crippen molar-refractivity contribution in [3.63, 3.8) is 0 Å². The van der Waals surface area contributed by atoms with Gasteiger partial charge in [-0.25, -0.2) is 8.42 Å². The molecular weight excluding hydrogens is 459 g/mol. The van der Waals surface area contributed by atoms with Gasteiger partial charge in [0.1, 0.15) is 5.75 Å². The summed E-state index contributed by atoms with van der Waals surface area (Å²) in [5, 5.41) is 2.62. The van der Waals surface area contributed by atoms with Crippen molar-refractivity contribution in [1.82, 2.24) is 9.62 Å². The van der Waals surface area contributed by atoms with Crippen molar-refractivity contribution < 1.29 is 31.1 Å². The van der Waals surface area contributed by atoms with Crippen molar-refractivity contribution in [3.05, 3.63) is 59.7 Å². The number of hydrogen-bond acceptors (Lipinski definition) is 5. The molecular formula is C22H26F3N3O4S. The van der Waals surface area contributed by atoms with Crippen molar-refractivity contribution in [1.29, 1.82) is 0 Å². The minimum absolute atomic E-state index is 0.0227. The number of amides is 1. The maximum Gasteiger partial charge on any atom is 0.416 e. The highest BCUT2D eigenvalue weighted by molar-refractivity contribution is 7.89. The Morgan fingerprint density at radius 3 is 2.33 bits per heavy atom. The Morgan fingerprint density at radius 1 is 1.06 bits per heavy atom. The van der Waals surface area contributed by atoms with E-state index in [1.165, 1.54) is 10.4 Å². The average Bonchev–Trinajstić information content (AvgIpc) is 2.79. The number of hydrogen-bond donors (Lipinski definition) is 1. The second-order valence-corrected chi connectivity index (χ2v) is 9.71. The van der Waals surface area contributed by atoms with Gasteiger partial charge >= 0.3 is 6.18 Å². The molecule has 0 spiro atoms. The average molecular weight is 486 g/mol. The van der Waals surface area contributed by atoms with Gasteiger partial charge in [0.2, 0.25) is 15.9 Å². The second-order valence-electron chi connectivity index (χ2n) is 7.62. The molecule has 0 unspecified atom stereocenters. The summed E-state index contributed by atoms with van der Waals surface area (Å²) >= 11 is 0. The van der Waals surface area contributed by atoms with E-state index in [4.69, 9.17) is 4.74 Å². The Kier molecular flexibility index (Phi) is 7.85. The molecule has 1 fully saturated rings. The van der Waals surface area contributed by atoms with E-state index in [0.717, 1.165) is 17.7 Å². The lowest BCUT2D eigenvalue weighted by Gasteiger charge is -2.35. The Bertz CT molecular complexity index is 1050. The first-order chi connectivity index (χ1) is 15.6. The Morgan fingerprint density at radius 2 is 1.73 bits per heavy atom. The standard InChI is InChI=1S/C22H26F3N3O4S/c1-32-20-7-5-17(6-8-20)15-21(29)26-9-14-33(30,31)28-12-10-27(11-13-28)19-4-2-3-18(16-19)22(23,24)25/h2-8,16H,9-15H2,1H3,(H,26,29). The number of ether oxygens (including phenoxy) is 1. The predicted octanol–water partition coefficient (Wildman–Crippen LogP) is 2.52. The molecule has 1 N–H and O–H groups in total. The fourth-order valence-electron chi connectivity index (χ4n) is 3.54. The largest absolute Gasteiger partial charge is 0.497 e. The van der Waals surface area contributed by atoms with Crippen LogP contribution >= 0.6 is 0 Å². The van der Waals surface area contributed by atoms with Crippen molar-refractivity contribution in [2.24, 2.45) is 0 Å². The molecule has 180 valence electrons. The van der Waals surface area contributed by atoms with Crippen LogP contribution in [0.5, 0.6) is 5.75 Å². The number of carbonyl (C=O) groups excluding carboxylic acids is 1. The number of sulfonamides is 1. The normalized spacial score (nSPS) is 15.3. The van der Waals surface area contributed by atoms with Gasteiger partial charge in [0, 0.05) is 38.4 Å². The van der Waals surface area contributed by atoms with Crippen LogP contribution in [0.1, 0.15) is 11.1 Å². The Labute approximate surface area is 191 Å². The van der Waals surface area contributed by atoms with E-state index in [2.05, 4.69) is 5.32 Å². The van der Waals surface area contributed by atoms with E-state index in [9.17, 15) is 26.4 Å². The van der Waals surface area contributed by atoms with Gasteiger partial charge in [-0.3, -0.25) is 4.79 Å². The van der Waals surface area contributed by atoms with Crippen molar-refractivity contribution in [3.8, 4) is 5.75 Å². The molecule has 7 nitrogen and oxygen atoms in total. The van der Waals surface area contributed by atoms with Crippen molar-refractivity contribution >= 4 is 21.6 Å². The number of nitrogens with zero attached hydrogens (tertiary/aromatic N) is 2. The van der Waals surface area contributed by atoms with Gasteiger partial charge in [0.15, 0.2) is 0 Å². The molecule has 11 heteroatoms. The maximum absolute atomic E-state index is 12.9. The predicted molar refractivity (Wildman–Crippen MR) is 119 cm³/mol. The molecule has 33 heavy (non-hydrogen) atoms. The summed E-state index contributed by atoms with van der Waals surface area (Å²) in [5.41, 5.74) is 0.454. The summed E-state index contributed by atoms with van der Waals surface area (Å²) in [4.78, 5) is 13.8.